The Labute approximate surface area is 318 Å². The molecule has 2 bridgehead atoms. The van der Waals surface area contributed by atoms with Gasteiger partial charge in [0.25, 0.3) is 0 Å². The van der Waals surface area contributed by atoms with Gasteiger partial charge < -0.3 is 14.2 Å². The van der Waals surface area contributed by atoms with Crippen molar-refractivity contribution in [2.45, 2.75) is 88.6 Å². The van der Waals surface area contributed by atoms with E-state index in [4.69, 9.17) is 14.2 Å². The van der Waals surface area contributed by atoms with Crippen LogP contribution in [-0.4, -0.2) is 25.1 Å². The number of fused-ring (bicyclic) bond motifs is 3. The molecule has 0 heterocycles. The largest absolute Gasteiger partial charge is 0.493 e. The smallest absolute Gasteiger partial charge is 0.403 e. The first-order valence-corrected chi connectivity index (χ1v) is 19.2. The predicted octanol–water partition coefficient (Wildman–Crippen LogP) is 13.8. The van der Waals surface area contributed by atoms with E-state index in [-0.39, 0.29) is 29.6 Å². The number of ether oxygens (including phenoxy) is 3. The van der Waals surface area contributed by atoms with Crippen molar-refractivity contribution < 1.29 is 40.6 Å². The zero-order valence-electron chi connectivity index (χ0n) is 31.0. The molecule has 2 aliphatic carbocycles. The molecular formula is C46H46F6O3. The van der Waals surface area contributed by atoms with Crippen molar-refractivity contribution in [1.82, 2.24) is 0 Å². The number of alkyl halides is 6. The van der Waals surface area contributed by atoms with Gasteiger partial charge in [-0.2, -0.15) is 26.3 Å². The molecule has 0 spiro atoms. The molecule has 5 aromatic carbocycles. The van der Waals surface area contributed by atoms with Crippen LogP contribution in [0, 0.1) is 17.8 Å². The summed E-state index contributed by atoms with van der Waals surface area (Å²) in [5, 5.41) is 2.26. The average Bonchev–Trinajstić information content (AvgIpc) is 3.78. The Hall–Kier alpha value is -4.66. The fourth-order valence-corrected chi connectivity index (χ4v) is 8.50. The van der Waals surface area contributed by atoms with Gasteiger partial charge in [0.15, 0.2) is 5.92 Å². The van der Waals surface area contributed by atoms with Crippen molar-refractivity contribution in [1.29, 1.82) is 0 Å². The predicted molar refractivity (Wildman–Crippen MR) is 203 cm³/mol. The summed E-state index contributed by atoms with van der Waals surface area (Å²) in [6.07, 6.45) is -4.04. The van der Waals surface area contributed by atoms with Gasteiger partial charge in [-0.1, -0.05) is 80.6 Å². The molecule has 2 aliphatic rings. The van der Waals surface area contributed by atoms with Gasteiger partial charge in [0.1, 0.15) is 35.7 Å². The lowest BCUT2D eigenvalue weighted by Crippen LogP contribution is -2.40. The topological polar surface area (TPSA) is 27.7 Å². The van der Waals surface area contributed by atoms with E-state index in [0.29, 0.717) is 5.92 Å². The van der Waals surface area contributed by atoms with Crippen LogP contribution >= 0.6 is 0 Å². The molecule has 6 atom stereocenters. The minimum Gasteiger partial charge on any atom is -0.493 e. The van der Waals surface area contributed by atoms with E-state index in [0.717, 1.165) is 58.8 Å². The SMILES string of the molecule is CC(CC(CC(C)c1ccc(Oc2ccc3ccccc3c2)cc1)c1ccc(OC2CC3CCC2C3)cc1)c1ccc(OCC(C(F)(F)F)C(F)(F)F)cc1. The van der Waals surface area contributed by atoms with Crippen LogP contribution in [0.5, 0.6) is 23.0 Å². The molecule has 0 N–H and O–H groups in total. The molecular weight excluding hydrogens is 714 g/mol. The third kappa shape index (κ3) is 9.60. The van der Waals surface area contributed by atoms with Gasteiger partial charge >= 0.3 is 12.4 Å². The Bertz CT molecular complexity index is 1990. The molecule has 0 aliphatic heterocycles. The first-order chi connectivity index (χ1) is 26.3. The number of halogens is 6. The number of hydrogen-bond acceptors (Lipinski definition) is 3. The van der Waals surface area contributed by atoms with Gasteiger partial charge in [-0.3, -0.25) is 0 Å². The van der Waals surface area contributed by atoms with Gasteiger partial charge in [0.2, 0.25) is 0 Å². The van der Waals surface area contributed by atoms with Crippen LogP contribution in [-0.2, 0) is 0 Å². The Balaban J connectivity index is 1.04. The van der Waals surface area contributed by atoms with Crippen molar-refractivity contribution in [3.63, 3.8) is 0 Å². The van der Waals surface area contributed by atoms with Crippen LogP contribution in [0.15, 0.2) is 115 Å². The molecule has 5 aromatic rings. The molecule has 0 saturated heterocycles. The van der Waals surface area contributed by atoms with E-state index in [2.05, 4.69) is 62.4 Å². The van der Waals surface area contributed by atoms with Gasteiger partial charge in [-0.15, -0.1) is 0 Å². The Morgan fingerprint density at radius 1 is 0.582 bits per heavy atom. The molecule has 2 saturated carbocycles. The lowest BCUT2D eigenvalue weighted by molar-refractivity contribution is -0.289. The summed E-state index contributed by atoms with van der Waals surface area (Å²) in [5.41, 5.74) is 3.28. The highest BCUT2D eigenvalue weighted by atomic mass is 19.4. The minimum atomic E-state index is -5.45. The summed E-state index contributed by atoms with van der Waals surface area (Å²) in [7, 11) is 0. The van der Waals surface area contributed by atoms with E-state index in [1.165, 1.54) is 42.5 Å². The monoisotopic (exact) mass is 760 g/mol. The molecule has 6 unspecified atom stereocenters. The van der Waals surface area contributed by atoms with Gasteiger partial charge in [-0.05, 0) is 144 Å². The van der Waals surface area contributed by atoms with Crippen LogP contribution in [0.4, 0.5) is 26.3 Å². The van der Waals surface area contributed by atoms with Crippen LogP contribution < -0.4 is 14.2 Å². The Kier molecular flexibility index (Phi) is 11.4. The third-order valence-corrected chi connectivity index (χ3v) is 11.7. The lowest BCUT2D eigenvalue weighted by Gasteiger charge is -2.26. The van der Waals surface area contributed by atoms with Crippen LogP contribution in [0.2, 0.25) is 0 Å². The van der Waals surface area contributed by atoms with Crippen LogP contribution in [0.1, 0.15) is 86.8 Å². The number of hydrogen-bond donors (Lipinski definition) is 0. The fourth-order valence-electron chi connectivity index (χ4n) is 8.50. The normalized spacial score (nSPS) is 20.1. The average molecular weight is 761 g/mol. The van der Waals surface area contributed by atoms with E-state index < -0.39 is 24.9 Å². The van der Waals surface area contributed by atoms with Gasteiger partial charge in [0, 0.05) is 0 Å². The van der Waals surface area contributed by atoms with E-state index >= 15 is 0 Å². The molecule has 2 fully saturated rings. The highest BCUT2D eigenvalue weighted by Gasteiger charge is 2.57. The molecule has 0 radical (unpaired) electrons. The Morgan fingerprint density at radius 2 is 1.13 bits per heavy atom. The van der Waals surface area contributed by atoms with E-state index in [1.54, 1.807) is 12.1 Å². The molecule has 3 nitrogen and oxygen atoms in total. The molecule has 9 heteroatoms. The summed E-state index contributed by atoms with van der Waals surface area (Å²) in [4.78, 5) is 0. The van der Waals surface area contributed by atoms with Crippen molar-refractivity contribution in [3.05, 3.63) is 132 Å². The summed E-state index contributed by atoms with van der Waals surface area (Å²) in [6, 6.07) is 37.2. The third-order valence-electron chi connectivity index (χ3n) is 11.7. The summed E-state index contributed by atoms with van der Waals surface area (Å²) < 4.78 is 95.8. The second kappa shape index (κ2) is 16.2. The zero-order chi connectivity index (χ0) is 38.7. The molecule has 290 valence electrons. The number of benzene rings is 5. The van der Waals surface area contributed by atoms with E-state index in [9.17, 15) is 26.3 Å². The first-order valence-electron chi connectivity index (χ1n) is 19.2. The number of rotatable bonds is 14. The Morgan fingerprint density at radius 3 is 1.69 bits per heavy atom. The quantitative estimate of drug-likeness (QED) is 0.106. The van der Waals surface area contributed by atoms with Gasteiger partial charge in [-0.25, -0.2) is 0 Å². The highest BCUT2D eigenvalue weighted by Crippen LogP contribution is 2.46. The second-order valence-corrected chi connectivity index (χ2v) is 15.6. The summed E-state index contributed by atoms with van der Waals surface area (Å²) in [6.45, 7) is 2.77. The van der Waals surface area contributed by atoms with Gasteiger partial charge in [0.05, 0.1) is 0 Å². The van der Waals surface area contributed by atoms with Crippen molar-refractivity contribution in [2.24, 2.45) is 17.8 Å². The molecule has 55 heavy (non-hydrogen) atoms. The summed E-state index contributed by atoms with van der Waals surface area (Å²) in [5.74, 6) is 0.625. The molecule has 0 amide bonds. The summed E-state index contributed by atoms with van der Waals surface area (Å²) >= 11 is 0. The fraction of sp³-hybridized carbons (Fsp3) is 0.391. The van der Waals surface area contributed by atoms with E-state index in [1.807, 2.05) is 42.5 Å². The van der Waals surface area contributed by atoms with Crippen molar-refractivity contribution >= 4 is 10.8 Å². The maximum atomic E-state index is 13.0. The van der Waals surface area contributed by atoms with Crippen LogP contribution in [0.25, 0.3) is 10.8 Å². The second-order valence-electron chi connectivity index (χ2n) is 15.6. The zero-order valence-corrected chi connectivity index (χ0v) is 31.0. The molecule has 0 aromatic heterocycles. The maximum absolute atomic E-state index is 13.0. The molecule has 7 rings (SSSR count). The van der Waals surface area contributed by atoms with Crippen LogP contribution in [0.3, 0.4) is 0 Å². The maximum Gasteiger partial charge on any atom is 0.403 e. The van der Waals surface area contributed by atoms with Crippen molar-refractivity contribution in [2.75, 3.05) is 6.61 Å². The highest BCUT2D eigenvalue weighted by molar-refractivity contribution is 5.83. The minimum absolute atomic E-state index is 0.0343. The van der Waals surface area contributed by atoms with Crippen molar-refractivity contribution in [3.8, 4) is 23.0 Å². The lowest BCUT2D eigenvalue weighted by atomic mass is 9.79. The standard InChI is InChI=1S/C46H46F6O3/c1-29(32-9-16-39(17-10-32)53-28-44(45(47,48)49)46(50,51)52)23-38(35-13-20-41(21-14-35)55-43-26-31-7-8-37(43)25-31)24-30(2)33-11-18-40(19-12-33)54-42-22-15-34-5-3-4-6-36(34)27-42/h3-6,9-22,27,29-31,37-38,43-44H,7-8,23-26,28H2,1-2H3. The first kappa shape index (κ1) is 38.6.